The van der Waals surface area contributed by atoms with Gasteiger partial charge in [0.05, 0.1) is 0 Å². The van der Waals surface area contributed by atoms with Crippen molar-refractivity contribution in [2.45, 2.75) is 121 Å². The standard InChI is InChI=1S/C28H40N2.C5H12.2C2H6/c1-5-8-9-11-24-13-16-27(17-14-24)30-20-18-29(19-21-30)23(4)28-22-25(10-6-2)12-15-26(28)7-3;1-4-5(2)3;2*1-2/h12-17,22H,4-11,18-21H2,1-3H3;5H,4H2,1-3H3;2*1-2H3. The molecule has 0 aromatic heterocycles. The van der Waals surface area contributed by atoms with Crippen molar-refractivity contribution >= 4 is 11.4 Å². The molecule has 0 saturated carbocycles. The summed E-state index contributed by atoms with van der Waals surface area (Å²) in [6.07, 6.45) is 9.82. The van der Waals surface area contributed by atoms with Crippen molar-refractivity contribution in [2.24, 2.45) is 5.92 Å². The van der Waals surface area contributed by atoms with Crippen molar-refractivity contribution in [3.8, 4) is 0 Å². The Bertz CT molecular complexity index is 857. The fourth-order valence-electron chi connectivity index (χ4n) is 4.50. The van der Waals surface area contributed by atoms with Gasteiger partial charge in [0, 0.05) is 43.1 Å². The molecule has 2 heteroatoms. The Kier molecular flexibility index (Phi) is 21.3. The second-order valence-electron chi connectivity index (χ2n) is 10.4. The Labute approximate surface area is 244 Å². The van der Waals surface area contributed by atoms with Gasteiger partial charge < -0.3 is 9.80 Å². The van der Waals surface area contributed by atoms with Crippen molar-refractivity contribution in [2.75, 3.05) is 31.1 Å². The number of piperazine rings is 1. The van der Waals surface area contributed by atoms with Crippen LogP contribution in [0.1, 0.15) is 124 Å². The molecule has 1 fully saturated rings. The molecule has 0 amide bonds. The SMILES string of the molecule is C=C(c1cc(CCC)ccc1CC)N1CCN(c2ccc(CCCCC)cc2)CC1.CC.CC.CCC(C)C. The molecular formula is C37H64N2. The van der Waals surface area contributed by atoms with E-state index in [2.05, 4.69) is 100 Å². The van der Waals surface area contributed by atoms with Crippen LogP contribution >= 0.6 is 0 Å². The van der Waals surface area contributed by atoms with Crippen molar-refractivity contribution in [1.82, 2.24) is 4.90 Å². The maximum absolute atomic E-state index is 4.51. The highest BCUT2D eigenvalue weighted by molar-refractivity contribution is 5.66. The fourth-order valence-corrected chi connectivity index (χ4v) is 4.50. The molecule has 0 atom stereocenters. The van der Waals surface area contributed by atoms with E-state index in [-0.39, 0.29) is 0 Å². The summed E-state index contributed by atoms with van der Waals surface area (Å²) in [6, 6.07) is 16.3. The summed E-state index contributed by atoms with van der Waals surface area (Å²) < 4.78 is 0. The number of unbranched alkanes of at least 4 members (excludes halogenated alkanes) is 2. The third-order valence-corrected chi connectivity index (χ3v) is 7.25. The highest BCUT2D eigenvalue weighted by atomic mass is 15.3. The minimum Gasteiger partial charge on any atom is -0.368 e. The van der Waals surface area contributed by atoms with Gasteiger partial charge >= 0.3 is 0 Å². The van der Waals surface area contributed by atoms with Crippen molar-refractivity contribution in [3.05, 3.63) is 71.3 Å². The summed E-state index contributed by atoms with van der Waals surface area (Å²) >= 11 is 0. The monoisotopic (exact) mass is 537 g/mol. The molecule has 0 N–H and O–H groups in total. The lowest BCUT2D eigenvalue weighted by atomic mass is 9.97. The maximum atomic E-state index is 4.51. The van der Waals surface area contributed by atoms with E-state index in [0.717, 1.165) is 44.9 Å². The van der Waals surface area contributed by atoms with E-state index in [9.17, 15) is 0 Å². The lowest BCUT2D eigenvalue weighted by Crippen LogP contribution is -2.45. The van der Waals surface area contributed by atoms with Crippen LogP contribution in [-0.2, 0) is 19.3 Å². The van der Waals surface area contributed by atoms with E-state index >= 15 is 0 Å². The zero-order valence-electron chi connectivity index (χ0n) is 27.7. The summed E-state index contributed by atoms with van der Waals surface area (Å²) in [5.74, 6) is 0.884. The lowest BCUT2D eigenvalue weighted by molar-refractivity contribution is 0.368. The van der Waals surface area contributed by atoms with Gasteiger partial charge in [-0.05, 0) is 66.5 Å². The molecule has 0 radical (unpaired) electrons. The van der Waals surface area contributed by atoms with Crippen LogP contribution in [0.5, 0.6) is 0 Å². The molecular weight excluding hydrogens is 472 g/mol. The van der Waals surface area contributed by atoms with Gasteiger partial charge in [0.2, 0.25) is 0 Å². The van der Waals surface area contributed by atoms with Crippen LogP contribution in [0.25, 0.3) is 5.70 Å². The number of nitrogens with zero attached hydrogens (tertiary/aromatic N) is 2. The summed E-state index contributed by atoms with van der Waals surface area (Å²) in [5, 5.41) is 0. The molecule has 3 rings (SSSR count). The normalized spacial score (nSPS) is 12.5. The molecule has 222 valence electrons. The number of anilines is 1. The number of rotatable bonds is 11. The van der Waals surface area contributed by atoms with E-state index in [1.165, 1.54) is 72.2 Å². The quantitative estimate of drug-likeness (QED) is 0.263. The highest BCUT2D eigenvalue weighted by Gasteiger charge is 2.20. The van der Waals surface area contributed by atoms with Crippen LogP contribution in [0.3, 0.4) is 0 Å². The molecule has 1 aliphatic rings. The number of hydrogen-bond donors (Lipinski definition) is 0. The summed E-state index contributed by atoms with van der Waals surface area (Å²) in [7, 11) is 0. The average Bonchev–Trinajstić information content (AvgIpc) is 3.00. The molecule has 2 aromatic carbocycles. The summed E-state index contributed by atoms with van der Waals surface area (Å²) in [6.45, 7) is 30.1. The first-order chi connectivity index (χ1) is 18.9. The number of aryl methyl sites for hydroxylation is 3. The van der Waals surface area contributed by atoms with Gasteiger partial charge in [0.1, 0.15) is 0 Å². The Morgan fingerprint density at radius 1 is 0.744 bits per heavy atom. The molecule has 2 nitrogen and oxygen atoms in total. The van der Waals surface area contributed by atoms with Crippen molar-refractivity contribution in [3.63, 3.8) is 0 Å². The van der Waals surface area contributed by atoms with Crippen molar-refractivity contribution in [1.29, 1.82) is 0 Å². The van der Waals surface area contributed by atoms with E-state index in [1.807, 2.05) is 27.7 Å². The first-order valence-corrected chi connectivity index (χ1v) is 16.3. The molecule has 1 heterocycles. The predicted molar refractivity (Wildman–Crippen MR) is 180 cm³/mol. The maximum Gasteiger partial charge on any atom is 0.0370 e. The Morgan fingerprint density at radius 2 is 1.31 bits per heavy atom. The van der Waals surface area contributed by atoms with Gasteiger partial charge in [-0.2, -0.15) is 0 Å². The van der Waals surface area contributed by atoms with E-state index < -0.39 is 0 Å². The summed E-state index contributed by atoms with van der Waals surface area (Å²) in [5.41, 5.74) is 8.24. The predicted octanol–water partition coefficient (Wildman–Crippen LogP) is 10.8. The minimum absolute atomic E-state index is 0.884. The van der Waals surface area contributed by atoms with Crippen LogP contribution in [0, 0.1) is 5.92 Å². The summed E-state index contributed by atoms with van der Waals surface area (Å²) in [4.78, 5) is 5.01. The Morgan fingerprint density at radius 3 is 1.79 bits per heavy atom. The van der Waals surface area contributed by atoms with Gasteiger partial charge in [-0.15, -0.1) is 0 Å². The van der Waals surface area contributed by atoms with Crippen LogP contribution < -0.4 is 4.90 Å². The lowest BCUT2D eigenvalue weighted by Gasteiger charge is -2.38. The average molecular weight is 537 g/mol. The second-order valence-corrected chi connectivity index (χ2v) is 10.4. The van der Waals surface area contributed by atoms with Gasteiger partial charge in [-0.25, -0.2) is 0 Å². The molecule has 2 aromatic rings. The number of benzene rings is 2. The molecule has 0 aliphatic carbocycles. The van der Waals surface area contributed by atoms with Crippen LogP contribution in [0.4, 0.5) is 5.69 Å². The van der Waals surface area contributed by atoms with E-state index in [4.69, 9.17) is 0 Å². The molecule has 1 aliphatic heterocycles. The largest absolute Gasteiger partial charge is 0.368 e. The smallest absolute Gasteiger partial charge is 0.0370 e. The molecule has 1 saturated heterocycles. The zero-order valence-corrected chi connectivity index (χ0v) is 27.7. The van der Waals surface area contributed by atoms with Crippen molar-refractivity contribution < 1.29 is 0 Å². The fraction of sp³-hybridized carbons (Fsp3) is 0.622. The van der Waals surface area contributed by atoms with E-state index in [0.29, 0.717) is 0 Å². The Hall–Kier alpha value is -2.22. The molecule has 0 bridgehead atoms. The van der Waals surface area contributed by atoms with Gasteiger partial charge in [-0.3, -0.25) is 0 Å². The Balaban J connectivity index is 0.00000142. The molecule has 0 unspecified atom stereocenters. The number of hydrogen-bond acceptors (Lipinski definition) is 2. The topological polar surface area (TPSA) is 6.48 Å². The van der Waals surface area contributed by atoms with E-state index in [1.54, 1.807) is 0 Å². The van der Waals surface area contributed by atoms with Gasteiger partial charge in [-0.1, -0.05) is 126 Å². The zero-order chi connectivity index (χ0) is 29.6. The minimum atomic E-state index is 0.884. The van der Waals surface area contributed by atoms with Gasteiger partial charge in [0.25, 0.3) is 0 Å². The third-order valence-electron chi connectivity index (χ3n) is 7.25. The van der Waals surface area contributed by atoms with Crippen LogP contribution in [0.15, 0.2) is 49.0 Å². The molecule has 0 spiro atoms. The van der Waals surface area contributed by atoms with Crippen LogP contribution in [0.2, 0.25) is 0 Å². The highest BCUT2D eigenvalue weighted by Crippen LogP contribution is 2.27. The second kappa shape index (κ2) is 22.6. The molecule has 39 heavy (non-hydrogen) atoms. The van der Waals surface area contributed by atoms with Gasteiger partial charge in [0.15, 0.2) is 0 Å². The first-order valence-electron chi connectivity index (χ1n) is 16.3. The van der Waals surface area contributed by atoms with Crippen LogP contribution in [-0.4, -0.2) is 31.1 Å². The first kappa shape index (κ1) is 36.8. The third kappa shape index (κ3) is 13.6.